The van der Waals surface area contributed by atoms with Crippen LogP contribution < -0.4 is 10.1 Å². The molecule has 2 aromatic carbocycles. The van der Waals surface area contributed by atoms with Gasteiger partial charge in [-0.1, -0.05) is 23.7 Å². The van der Waals surface area contributed by atoms with Crippen LogP contribution in [0.3, 0.4) is 0 Å². The number of halogens is 1. The molecular formula is C20H24ClN3O4S. The van der Waals surface area contributed by atoms with Gasteiger partial charge in [0.1, 0.15) is 5.75 Å². The predicted molar refractivity (Wildman–Crippen MR) is 112 cm³/mol. The van der Waals surface area contributed by atoms with E-state index in [1.165, 1.54) is 22.5 Å². The second-order valence-electron chi connectivity index (χ2n) is 6.88. The zero-order chi connectivity index (χ0) is 21.0. The van der Waals surface area contributed by atoms with Crippen molar-refractivity contribution in [1.82, 2.24) is 14.5 Å². The quantitative estimate of drug-likeness (QED) is 0.749. The fourth-order valence-electron chi connectivity index (χ4n) is 3.04. The van der Waals surface area contributed by atoms with Crippen molar-refractivity contribution in [1.29, 1.82) is 0 Å². The first-order valence-electron chi connectivity index (χ1n) is 9.20. The van der Waals surface area contributed by atoms with Gasteiger partial charge in [-0.05, 0) is 42.9 Å². The van der Waals surface area contributed by atoms with Crippen molar-refractivity contribution in [3.63, 3.8) is 0 Å². The van der Waals surface area contributed by atoms with E-state index in [-0.39, 0.29) is 22.0 Å². The Hall–Kier alpha value is -2.13. The van der Waals surface area contributed by atoms with E-state index in [0.29, 0.717) is 26.2 Å². The van der Waals surface area contributed by atoms with Crippen molar-refractivity contribution >= 4 is 27.5 Å². The van der Waals surface area contributed by atoms with Crippen LogP contribution in [-0.4, -0.2) is 63.9 Å². The molecule has 29 heavy (non-hydrogen) atoms. The van der Waals surface area contributed by atoms with Crippen molar-refractivity contribution in [2.75, 3.05) is 40.3 Å². The molecule has 0 spiro atoms. The first kappa shape index (κ1) is 21.6. The van der Waals surface area contributed by atoms with Gasteiger partial charge in [-0.3, -0.25) is 4.79 Å². The zero-order valence-electron chi connectivity index (χ0n) is 16.4. The molecule has 0 radical (unpaired) electrons. The Labute approximate surface area is 176 Å². The summed E-state index contributed by atoms with van der Waals surface area (Å²) in [5, 5.41) is 2.98. The molecule has 1 fully saturated rings. The number of carbonyl (C=O) groups excluding carboxylic acids is 1. The van der Waals surface area contributed by atoms with E-state index >= 15 is 0 Å². The SMILES string of the molecule is COc1ccc(CNC(=O)c2cc(S(=O)(=O)N3CCN(C)CC3)ccc2Cl)cc1. The number of rotatable bonds is 6. The summed E-state index contributed by atoms with van der Waals surface area (Å²) in [6, 6.07) is 11.5. The molecule has 1 saturated heterocycles. The molecule has 0 aliphatic carbocycles. The van der Waals surface area contributed by atoms with Gasteiger partial charge in [-0.15, -0.1) is 0 Å². The fourth-order valence-corrected chi connectivity index (χ4v) is 4.69. The maximum absolute atomic E-state index is 12.9. The smallest absolute Gasteiger partial charge is 0.253 e. The number of likely N-dealkylation sites (N-methyl/N-ethyl adjacent to an activating group) is 1. The molecule has 156 valence electrons. The maximum Gasteiger partial charge on any atom is 0.253 e. The normalized spacial score (nSPS) is 15.8. The van der Waals surface area contributed by atoms with Crippen LogP contribution in [0.25, 0.3) is 0 Å². The lowest BCUT2D eigenvalue weighted by molar-refractivity contribution is 0.0951. The maximum atomic E-state index is 12.9. The molecule has 1 N–H and O–H groups in total. The van der Waals surface area contributed by atoms with Gasteiger partial charge in [0.15, 0.2) is 0 Å². The molecule has 2 aromatic rings. The summed E-state index contributed by atoms with van der Waals surface area (Å²) in [5.74, 6) is 0.297. The molecule has 0 aromatic heterocycles. The van der Waals surface area contributed by atoms with E-state index in [0.717, 1.165) is 11.3 Å². The molecular weight excluding hydrogens is 414 g/mol. The van der Waals surface area contributed by atoms with Crippen molar-refractivity contribution in [2.24, 2.45) is 0 Å². The van der Waals surface area contributed by atoms with Crippen molar-refractivity contribution in [2.45, 2.75) is 11.4 Å². The molecule has 1 aliphatic heterocycles. The topological polar surface area (TPSA) is 78.9 Å². The minimum absolute atomic E-state index is 0.0704. The number of ether oxygens (including phenoxy) is 1. The monoisotopic (exact) mass is 437 g/mol. The Morgan fingerprint density at radius 1 is 1.10 bits per heavy atom. The number of hydrogen-bond acceptors (Lipinski definition) is 5. The van der Waals surface area contributed by atoms with E-state index < -0.39 is 15.9 Å². The average molecular weight is 438 g/mol. The third-order valence-electron chi connectivity index (χ3n) is 4.89. The van der Waals surface area contributed by atoms with Crippen LogP contribution >= 0.6 is 11.6 Å². The predicted octanol–water partition coefficient (Wildman–Crippen LogP) is 2.21. The van der Waals surface area contributed by atoms with Gasteiger partial charge in [0.2, 0.25) is 10.0 Å². The number of nitrogens with zero attached hydrogens (tertiary/aromatic N) is 2. The van der Waals surface area contributed by atoms with E-state index in [1.807, 2.05) is 19.2 Å². The number of methoxy groups -OCH3 is 1. The number of carbonyl (C=O) groups is 1. The van der Waals surface area contributed by atoms with Crippen LogP contribution in [0, 0.1) is 0 Å². The highest BCUT2D eigenvalue weighted by Gasteiger charge is 2.28. The zero-order valence-corrected chi connectivity index (χ0v) is 18.0. The Balaban J connectivity index is 1.74. The molecule has 0 bridgehead atoms. The number of hydrogen-bond donors (Lipinski definition) is 1. The van der Waals surface area contributed by atoms with Gasteiger partial charge in [0.05, 0.1) is 22.6 Å². The molecule has 0 atom stereocenters. The minimum atomic E-state index is -3.68. The van der Waals surface area contributed by atoms with Crippen LogP contribution in [0.5, 0.6) is 5.75 Å². The second kappa shape index (κ2) is 9.13. The van der Waals surface area contributed by atoms with Crippen LogP contribution in [-0.2, 0) is 16.6 Å². The summed E-state index contributed by atoms with van der Waals surface area (Å²) in [6.07, 6.45) is 0. The fraction of sp³-hybridized carbons (Fsp3) is 0.350. The van der Waals surface area contributed by atoms with Gasteiger partial charge < -0.3 is 15.0 Å². The molecule has 0 unspecified atom stereocenters. The van der Waals surface area contributed by atoms with E-state index in [1.54, 1.807) is 19.2 Å². The second-order valence-corrected chi connectivity index (χ2v) is 9.22. The highest BCUT2D eigenvalue weighted by molar-refractivity contribution is 7.89. The summed E-state index contributed by atoms with van der Waals surface area (Å²) in [7, 11) is -0.138. The van der Waals surface area contributed by atoms with Crippen molar-refractivity contribution < 1.29 is 17.9 Å². The summed E-state index contributed by atoms with van der Waals surface area (Å²) in [6.45, 7) is 2.46. The first-order chi connectivity index (χ1) is 13.8. The van der Waals surface area contributed by atoms with E-state index in [4.69, 9.17) is 16.3 Å². The van der Waals surface area contributed by atoms with E-state index in [9.17, 15) is 13.2 Å². The Kier molecular flexibility index (Phi) is 6.79. The minimum Gasteiger partial charge on any atom is -0.497 e. The van der Waals surface area contributed by atoms with Gasteiger partial charge >= 0.3 is 0 Å². The van der Waals surface area contributed by atoms with Crippen LogP contribution in [0.15, 0.2) is 47.4 Å². The van der Waals surface area contributed by atoms with Crippen LogP contribution in [0.4, 0.5) is 0 Å². The Morgan fingerprint density at radius 2 is 1.76 bits per heavy atom. The lowest BCUT2D eigenvalue weighted by Gasteiger charge is -2.31. The summed E-state index contributed by atoms with van der Waals surface area (Å²) >= 11 is 6.17. The van der Waals surface area contributed by atoms with Crippen molar-refractivity contribution in [3.05, 3.63) is 58.6 Å². The lowest BCUT2D eigenvalue weighted by atomic mass is 10.2. The van der Waals surface area contributed by atoms with Gasteiger partial charge in [-0.2, -0.15) is 4.31 Å². The number of amides is 1. The van der Waals surface area contributed by atoms with Crippen LogP contribution in [0.2, 0.25) is 5.02 Å². The molecule has 1 amide bonds. The number of nitrogens with one attached hydrogen (secondary N) is 1. The third-order valence-corrected chi connectivity index (χ3v) is 7.12. The summed E-state index contributed by atoms with van der Waals surface area (Å²) in [5.41, 5.74) is 1.02. The van der Waals surface area contributed by atoms with Crippen LogP contribution in [0.1, 0.15) is 15.9 Å². The lowest BCUT2D eigenvalue weighted by Crippen LogP contribution is -2.47. The summed E-state index contributed by atoms with van der Waals surface area (Å²) < 4.78 is 32.4. The Bertz CT molecular complexity index is 972. The molecule has 1 aliphatic rings. The van der Waals surface area contributed by atoms with Gasteiger partial charge in [-0.25, -0.2) is 8.42 Å². The number of piperazine rings is 1. The number of sulfonamides is 1. The summed E-state index contributed by atoms with van der Waals surface area (Å²) in [4.78, 5) is 14.8. The molecule has 3 rings (SSSR count). The Morgan fingerprint density at radius 3 is 2.38 bits per heavy atom. The number of benzene rings is 2. The standard InChI is InChI=1S/C20H24ClN3O4S/c1-23-9-11-24(12-10-23)29(26,27)17-7-8-19(21)18(13-17)20(25)22-14-15-3-5-16(28-2)6-4-15/h3-8,13H,9-12,14H2,1-2H3,(H,22,25). The molecule has 9 heteroatoms. The van der Waals surface area contributed by atoms with Gasteiger partial charge in [0.25, 0.3) is 5.91 Å². The average Bonchev–Trinajstić information content (AvgIpc) is 2.73. The highest BCUT2D eigenvalue weighted by atomic mass is 35.5. The van der Waals surface area contributed by atoms with E-state index in [2.05, 4.69) is 10.2 Å². The molecule has 7 nitrogen and oxygen atoms in total. The van der Waals surface area contributed by atoms with Gasteiger partial charge in [0, 0.05) is 32.7 Å². The van der Waals surface area contributed by atoms with Crippen molar-refractivity contribution in [3.8, 4) is 5.75 Å². The molecule has 1 heterocycles. The first-order valence-corrected chi connectivity index (χ1v) is 11.0. The highest BCUT2D eigenvalue weighted by Crippen LogP contribution is 2.24. The molecule has 0 saturated carbocycles. The largest absolute Gasteiger partial charge is 0.497 e. The third kappa shape index (κ3) is 5.08.